The molecule has 0 amide bonds. The Morgan fingerprint density at radius 1 is 1.13 bits per heavy atom. The van der Waals surface area contributed by atoms with E-state index in [9.17, 15) is 14.9 Å². The van der Waals surface area contributed by atoms with E-state index in [4.69, 9.17) is 0 Å². The van der Waals surface area contributed by atoms with Gasteiger partial charge in [0.25, 0.3) is 5.56 Å². The Balaban J connectivity index is 2.62. The van der Waals surface area contributed by atoms with Crippen molar-refractivity contribution in [2.75, 3.05) is 11.4 Å². The van der Waals surface area contributed by atoms with Gasteiger partial charge in [0.1, 0.15) is 11.9 Å². The Morgan fingerprint density at radius 3 is 2.35 bits per heavy atom. The van der Waals surface area contributed by atoms with Crippen LogP contribution in [0.25, 0.3) is 0 Å². The third kappa shape index (κ3) is 3.19. The zero-order chi connectivity index (χ0) is 17.0. The topological polar surface area (TPSA) is 71.0 Å². The van der Waals surface area contributed by atoms with Crippen LogP contribution in [0.1, 0.15) is 24.5 Å². The molecule has 23 heavy (non-hydrogen) atoms. The maximum absolute atomic E-state index is 12.3. The van der Waals surface area contributed by atoms with E-state index in [1.165, 1.54) is 11.6 Å². The number of nitrogens with zero attached hydrogens (tertiary/aromatic N) is 4. The van der Waals surface area contributed by atoms with Crippen LogP contribution in [0.4, 0.5) is 5.82 Å². The average molecular weight is 312 g/mol. The summed E-state index contributed by atoms with van der Waals surface area (Å²) >= 11 is 0. The Labute approximate surface area is 134 Å². The molecule has 0 aliphatic rings. The van der Waals surface area contributed by atoms with E-state index < -0.39 is 11.2 Å². The van der Waals surface area contributed by atoms with E-state index in [0.29, 0.717) is 18.9 Å². The smallest absolute Gasteiger partial charge is 0.332 e. The molecule has 0 bridgehead atoms. The molecule has 120 valence electrons. The third-order valence-electron chi connectivity index (χ3n) is 3.75. The van der Waals surface area contributed by atoms with E-state index >= 15 is 0 Å². The van der Waals surface area contributed by atoms with Gasteiger partial charge in [-0.15, -0.1) is 0 Å². The number of rotatable bonds is 5. The molecule has 0 atom stereocenters. The molecule has 0 fully saturated rings. The van der Waals surface area contributed by atoms with E-state index in [1.807, 2.05) is 48.2 Å². The van der Waals surface area contributed by atoms with Crippen LogP contribution in [0.5, 0.6) is 0 Å². The van der Waals surface area contributed by atoms with Crippen molar-refractivity contribution in [1.82, 2.24) is 9.13 Å². The van der Waals surface area contributed by atoms with Crippen molar-refractivity contribution in [3.63, 3.8) is 0 Å². The van der Waals surface area contributed by atoms with Crippen LogP contribution < -0.4 is 16.1 Å². The average Bonchev–Trinajstić information content (AvgIpc) is 2.56. The van der Waals surface area contributed by atoms with E-state index in [-0.39, 0.29) is 5.56 Å². The van der Waals surface area contributed by atoms with Crippen LogP contribution in [-0.2, 0) is 20.6 Å². The lowest BCUT2D eigenvalue weighted by Gasteiger charge is -2.27. The Kier molecular flexibility index (Phi) is 5.02. The molecule has 0 saturated heterocycles. The van der Waals surface area contributed by atoms with Crippen molar-refractivity contribution >= 4 is 5.82 Å². The second-order valence-corrected chi connectivity index (χ2v) is 5.42. The van der Waals surface area contributed by atoms with Gasteiger partial charge in [0.15, 0.2) is 5.56 Å². The summed E-state index contributed by atoms with van der Waals surface area (Å²) < 4.78 is 2.34. The first-order chi connectivity index (χ1) is 11.0. The molecule has 0 N–H and O–H groups in total. The molecule has 0 aliphatic heterocycles. The first kappa shape index (κ1) is 16.6. The van der Waals surface area contributed by atoms with Gasteiger partial charge in [-0.3, -0.25) is 13.9 Å². The minimum Gasteiger partial charge on any atom is -0.352 e. The van der Waals surface area contributed by atoms with Crippen LogP contribution in [0.15, 0.2) is 39.9 Å². The number of aromatic nitrogens is 2. The number of benzene rings is 1. The number of anilines is 1. The molecule has 0 saturated carbocycles. The number of nitriles is 1. The lowest BCUT2D eigenvalue weighted by molar-refractivity contribution is 0.646. The molecule has 0 radical (unpaired) electrons. The van der Waals surface area contributed by atoms with Gasteiger partial charge in [0, 0.05) is 27.2 Å². The highest BCUT2D eigenvalue weighted by molar-refractivity contribution is 5.53. The lowest BCUT2D eigenvalue weighted by atomic mass is 10.2. The third-order valence-corrected chi connectivity index (χ3v) is 3.75. The highest BCUT2D eigenvalue weighted by Crippen LogP contribution is 2.18. The van der Waals surface area contributed by atoms with Gasteiger partial charge < -0.3 is 4.90 Å². The molecule has 1 aromatic carbocycles. The highest BCUT2D eigenvalue weighted by Gasteiger charge is 2.20. The van der Waals surface area contributed by atoms with Gasteiger partial charge in [0.05, 0.1) is 0 Å². The fraction of sp³-hybridized carbons (Fsp3) is 0.353. The first-order valence-corrected chi connectivity index (χ1v) is 7.50. The van der Waals surface area contributed by atoms with Gasteiger partial charge in [-0.25, -0.2) is 4.79 Å². The summed E-state index contributed by atoms with van der Waals surface area (Å²) in [6.07, 6.45) is 0.834. The molecule has 1 heterocycles. The molecule has 0 aliphatic carbocycles. The minimum absolute atomic E-state index is 0.000943. The van der Waals surface area contributed by atoms with Crippen molar-refractivity contribution in [1.29, 1.82) is 5.26 Å². The molecule has 0 unspecified atom stereocenters. The van der Waals surface area contributed by atoms with Crippen molar-refractivity contribution in [3.8, 4) is 6.07 Å². The van der Waals surface area contributed by atoms with Crippen molar-refractivity contribution in [2.24, 2.45) is 14.1 Å². The van der Waals surface area contributed by atoms with Crippen molar-refractivity contribution in [3.05, 3.63) is 62.3 Å². The molecule has 6 nitrogen and oxygen atoms in total. The summed E-state index contributed by atoms with van der Waals surface area (Å²) in [6.45, 7) is 3.19. The quantitative estimate of drug-likeness (QED) is 0.836. The zero-order valence-corrected chi connectivity index (χ0v) is 13.6. The summed E-state index contributed by atoms with van der Waals surface area (Å²) in [5.74, 6) is 0.381. The second kappa shape index (κ2) is 6.97. The highest BCUT2D eigenvalue weighted by atomic mass is 16.2. The van der Waals surface area contributed by atoms with E-state index in [1.54, 1.807) is 7.05 Å². The molecular weight excluding hydrogens is 292 g/mol. The lowest BCUT2D eigenvalue weighted by Crippen LogP contribution is -2.42. The van der Waals surface area contributed by atoms with Crippen molar-refractivity contribution in [2.45, 2.75) is 19.9 Å². The zero-order valence-electron chi connectivity index (χ0n) is 13.6. The SMILES string of the molecule is CCCN(Cc1ccccc1)c1c(C#N)c(=O)n(C)c(=O)n1C. The first-order valence-electron chi connectivity index (χ1n) is 7.50. The van der Waals surface area contributed by atoms with Gasteiger partial charge in [0.2, 0.25) is 0 Å². The van der Waals surface area contributed by atoms with Crippen molar-refractivity contribution < 1.29 is 0 Å². The molecule has 0 spiro atoms. The normalized spacial score (nSPS) is 10.3. The molecule has 2 rings (SSSR count). The fourth-order valence-corrected chi connectivity index (χ4v) is 2.64. The maximum Gasteiger partial charge on any atom is 0.332 e. The Morgan fingerprint density at radius 2 is 1.78 bits per heavy atom. The van der Waals surface area contributed by atoms with Gasteiger partial charge in [-0.05, 0) is 12.0 Å². The fourth-order valence-electron chi connectivity index (χ4n) is 2.64. The Hall–Kier alpha value is -2.81. The van der Waals surface area contributed by atoms with Gasteiger partial charge in [-0.2, -0.15) is 5.26 Å². The van der Waals surface area contributed by atoms with Crippen LogP contribution in [0, 0.1) is 11.3 Å². The van der Waals surface area contributed by atoms with E-state index in [0.717, 1.165) is 16.6 Å². The second-order valence-electron chi connectivity index (χ2n) is 5.42. The molecule has 1 aromatic heterocycles. The van der Waals surface area contributed by atoms with Crippen LogP contribution in [-0.4, -0.2) is 15.7 Å². The summed E-state index contributed by atoms with van der Waals surface area (Å²) in [5.41, 5.74) is 0.0647. The summed E-state index contributed by atoms with van der Waals surface area (Å²) in [4.78, 5) is 26.4. The summed E-state index contributed by atoms with van der Waals surface area (Å²) in [7, 11) is 2.97. The summed E-state index contributed by atoms with van der Waals surface area (Å²) in [5, 5.41) is 9.42. The summed E-state index contributed by atoms with van der Waals surface area (Å²) in [6, 6.07) is 11.7. The predicted molar refractivity (Wildman–Crippen MR) is 89.4 cm³/mol. The number of hydrogen-bond acceptors (Lipinski definition) is 4. The minimum atomic E-state index is -0.556. The van der Waals surface area contributed by atoms with Gasteiger partial charge in [-0.1, -0.05) is 37.3 Å². The van der Waals surface area contributed by atoms with Crippen LogP contribution >= 0.6 is 0 Å². The van der Waals surface area contributed by atoms with Gasteiger partial charge >= 0.3 is 5.69 Å². The largest absolute Gasteiger partial charge is 0.352 e. The van der Waals surface area contributed by atoms with E-state index in [2.05, 4.69) is 0 Å². The van der Waals surface area contributed by atoms with Crippen LogP contribution in [0.3, 0.4) is 0 Å². The van der Waals surface area contributed by atoms with Crippen LogP contribution in [0.2, 0.25) is 0 Å². The molecule has 2 aromatic rings. The number of hydrogen-bond donors (Lipinski definition) is 0. The predicted octanol–water partition coefficient (Wildman–Crippen LogP) is 1.37. The molecular formula is C17H20N4O2. The Bertz CT molecular complexity index is 844. The monoisotopic (exact) mass is 312 g/mol. The maximum atomic E-state index is 12.3. The standard InChI is InChI=1S/C17H20N4O2/c1-4-10-21(12-13-8-6-5-7-9-13)15-14(11-18)16(22)20(3)17(23)19(15)2/h5-9H,4,10,12H2,1-3H3. The molecule has 6 heteroatoms.